The van der Waals surface area contributed by atoms with Crippen molar-refractivity contribution in [3.05, 3.63) is 35.4 Å². The quantitative estimate of drug-likeness (QED) is 0.666. The van der Waals surface area contributed by atoms with Crippen molar-refractivity contribution in [1.29, 1.82) is 0 Å². The van der Waals surface area contributed by atoms with Crippen LogP contribution in [0.15, 0.2) is 24.3 Å². The number of Topliss-reactive ketones (excluding diaryl/α,β-unsaturated/α-hetero) is 1. The molecule has 0 aliphatic rings. The number of hydrogen-bond acceptors (Lipinski definition) is 3. The van der Waals surface area contributed by atoms with Crippen LogP contribution in [0.2, 0.25) is 0 Å². The van der Waals surface area contributed by atoms with Gasteiger partial charge in [0, 0.05) is 19.5 Å². The lowest BCUT2D eigenvalue weighted by Gasteiger charge is -2.04. The van der Waals surface area contributed by atoms with Gasteiger partial charge in [-0.3, -0.25) is 4.79 Å². The monoisotopic (exact) mass is 234 g/mol. The van der Waals surface area contributed by atoms with Gasteiger partial charge in [0.2, 0.25) is 0 Å². The zero-order valence-electron chi connectivity index (χ0n) is 10.8. The molecule has 0 bridgehead atoms. The smallest absolute Gasteiger partial charge is 0.146 e. The highest BCUT2D eigenvalue weighted by molar-refractivity contribution is 5.80. The predicted molar refractivity (Wildman–Crippen MR) is 71.3 cm³/mol. The number of carbonyl (C=O) groups excluding carboxylic acids is 1. The standard InChI is InChI=1S/C14H22N2O/c1-12-3-5-13(6-4-12)7-8-14(17)11-16-10-9-15-2/h3-6,15-16H,7-11H2,1-2H3. The van der Waals surface area contributed by atoms with Gasteiger partial charge in [-0.1, -0.05) is 29.8 Å². The Balaban J connectivity index is 2.17. The second-order valence-corrected chi connectivity index (χ2v) is 4.30. The average molecular weight is 234 g/mol. The van der Waals surface area contributed by atoms with Crippen molar-refractivity contribution in [2.45, 2.75) is 19.8 Å². The summed E-state index contributed by atoms with van der Waals surface area (Å²) in [6.07, 6.45) is 1.46. The van der Waals surface area contributed by atoms with Gasteiger partial charge in [0.1, 0.15) is 5.78 Å². The van der Waals surface area contributed by atoms with E-state index in [4.69, 9.17) is 0 Å². The van der Waals surface area contributed by atoms with Crippen molar-refractivity contribution in [2.24, 2.45) is 0 Å². The fraction of sp³-hybridized carbons (Fsp3) is 0.500. The minimum atomic E-state index is 0.279. The van der Waals surface area contributed by atoms with Crippen LogP contribution in [-0.2, 0) is 11.2 Å². The second-order valence-electron chi connectivity index (χ2n) is 4.30. The van der Waals surface area contributed by atoms with E-state index >= 15 is 0 Å². The number of hydrogen-bond donors (Lipinski definition) is 2. The first-order chi connectivity index (χ1) is 8.22. The van der Waals surface area contributed by atoms with Crippen LogP contribution >= 0.6 is 0 Å². The summed E-state index contributed by atoms with van der Waals surface area (Å²) in [5.41, 5.74) is 2.49. The minimum Gasteiger partial charge on any atom is -0.318 e. The molecular formula is C14H22N2O. The van der Waals surface area contributed by atoms with Crippen LogP contribution in [-0.4, -0.2) is 32.5 Å². The van der Waals surface area contributed by atoms with Gasteiger partial charge in [0.25, 0.3) is 0 Å². The first-order valence-corrected chi connectivity index (χ1v) is 6.15. The number of ketones is 1. The molecule has 17 heavy (non-hydrogen) atoms. The van der Waals surface area contributed by atoms with Gasteiger partial charge in [0.15, 0.2) is 0 Å². The van der Waals surface area contributed by atoms with E-state index < -0.39 is 0 Å². The van der Waals surface area contributed by atoms with Crippen LogP contribution in [0.5, 0.6) is 0 Å². The van der Waals surface area contributed by atoms with Crippen molar-refractivity contribution < 1.29 is 4.79 Å². The summed E-state index contributed by atoms with van der Waals surface area (Å²) in [5, 5.41) is 6.15. The molecule has 1 aromatic carbocycles. The third kappa shape index (κ3) is 6.19. The van der Waals surface area contributed by atoms with Crippen molar-refractivity contribution in [3.63, 3.8) is 0 Å². The molecule has 0 fully saturated rings. The minimum absolute atomic E-state index is 0.279. The maximum Gasteiger partial charge on any atom is 0.146 e. The SMILES string of the molecule is CNCCNCC(=O)CCc1ccc(C)cc1. The molecule has 3 heteroatoms. The van der Waals surface area contributed by atoms with Crippen LogP contribution in [0.3, 0.4) is 0 Å². The number of aryl methyl sites for hydroxylation is 2. The molecule has 0 amide bonds. The topological polar surface area (TPSA) is 41.1 Å². The number of rotatable bonds is 8. The van der Waals surface area contributed by atoms with Crippen LogP contribution < -0.4 is 10.6 Å². The van der Waals surface area contributed by atoms with Crippen LogP contribution in [0.1, 0.15) is 17.5 Å². The van der Waals surface area contributed by atoms with Gasteiger partial charge in [-0.2, -0.15) is 0 Å². The Morgan fingerprint density at radius 2 is 1.88 bits per heavy atom. The summed E-state index contributed by atoms with van der Waals surface area (Å²) in [6.45, 7) is 4.28. The van der Waals surface area contributed by atoms with Crippen LogP contribution in [0.4, 0.5) is 0 Å². The Labute approximate surface area is 104 Å². The highest BCUT2D eigenvalue weighted by Crippen LogP contribution is 2.05. The lowest BCUT2D eigenvalue weighted by atomic mass is 10.1. The number of benzene rings is 1. The van der Waals surface area contributed by atoms with Gasteiger partial charge < -0.3 is 10.6 Å². The highest BCUT2D eigenvalue weighted by atomic mass is 16.1. The van der Waals surface area contributed by atoms with Crippen LogP contribution in [0.25, 0.3) is 0 Å². The zero-order chi connectivity index (χ0) is 12.5. The second kappa shape index (κ2) is 7.98. The van der Waals surface area contributed by atoms with Crippen molar-refractivity contribution >= 4 is 5.78 Å². The highest BCUT2D eigenvalue weighted by Gasteiger charge is 2.01. The van der Waals surface area contributed by atoms with E-state index in [-0.39, 0.29) is 5.78 Å². The van der Waals surface area contributed by atoms with Gasteiger partial charge in [-0.25, -0.2) is 0 Å². The third-order valence-electron chi connectivity index (χ3n) is 2.69. The third-order valence-corrected chi connectivity index (χ3v) is 2.69. The fourth-order valence-corrected chi connectivity index (χ4v) is 1.57. The molecule has 0 aliphatic carbocycles. The molecule has 0 unspecified atom stereocenters. The fourth-order valence-electron chi connectivity index (χ4n) is 1.57. The lowest BCUT2D eigenvalue weighted by Crippen LogP contribution is -2.29. The molecule has 0 aliphatic heterocycles. The first kappa shape index (κ1) is 13.9. The number of likely N-dealkylation sites (N-methyl/N-ethyl adjacent to an activating group) is 1. The molecule has 0 saturated heterocycles. The average Bonchev–Trinajstić information content (AvgIpc) is 2.34. The summed E-state index contributed by atoms with van der Waals surface area (Å²) in [6, 6.07) is 8.37. The molecule has 0 radical (unpaired) electrons. The van der Waals surface area contributed by atoms with Crippen molar-refractivity contribution in [2.75, 3.05) is 26.7 Å². The van der Waals surface area contributed by atoms with Crippen LogP contribution in [0, 0.1) is 6.92 Å². The predicted octanol–water partition coefficient (Wildman–Crippen LogP) is 1.31. The van der Waals surface area contributed by atoms with E-state index in [1.54, 1.807) is 0 Å². The first-order valence-electron chi connectivity index (χ1n) is 6.15. The molecular weight excluding hydrogens is 212 g/mol. The number of carbonyl (C=O) groups is 1. The molecule has 0 heterocycles. The Bertz CT molecular complexity index is 333. The summed E-state index contributed by atoms with van der Waals surface area (Å²) >= 11 is 0. The molecule has 2 N–H and O–H groups in total. The Kier molecular flexibility index (Phi) is 6.51. The van der Waals surface area contributed by atoms with Gasteiger partial charge in [-0.15, -0.1) is 0 Å². The van der Waals surface area contributed by atoms with Crippen molar-refractivity contribution in [1.82, 2.24) is 10.6 Å². The molecule has 94 valence electrons. The molecule has 3 nitrogen and oxygen atoms in total. The largest absolute Gasteiger partial charge is 0.318 e. The van der Waals surface area contributed by atoms with E-state index in [1.165, 1.54) is 11.1 Å². The van der Waals surface area contributed by atoms with Gasteiger partial charge in [0.05, 0.1) is 6.54 Å². The van der Waals surface area contributed by atoms with Crippen molar-refractivity contribution in [3.8, 4) is 0 Å². The maximum atomic E-state index is 11.6. The van der Waals surface area contributed by atoms with E-state index in [0.717, 1.165) is 19.5 Å². The molecule has 0 atom stereocenters. The zero-order valence-corrected chi connectivity index (χ0v) is 10.8. The summed E-state index contributed by atoms with van der Waals surface area (Å²) in [5.74, 6) is 0.279. The Hall–Kier alpha value is -1.19. The summed E-state index contributed by atoms with van der Waals surface area (Å²) in [7, 11) is 1.90. The lowest BCUT2D eigenvalue weighted by molar-refractivity contribution is -0.118. The van der Waals surface area contributed by atoms with E-state index in [1.807, 2.05) is 7.05 Å². The molecule has 0 saturated carbocycles. The van der Waals surface area contributed by atoms with E-state index in [2.05, 4.69) is 41.8 Å². The summed E-state index contributed by atoms with van der Waals surface area (Å²) < 4.78 is 0. The molecule has 0 spiro atoms. The number of nitrogens with one attached hydrogen (secondary N) is 2. The normalized spacial score (nSPS) is 10.5. The molecule has 1 rings (SSSR count). The van der Waals surface area contributed by atoms with E-state index in [9.17, 15) is 4.79 Å². The van der Waals surface area contributed by atoms with Gasteiger partial charge >= 0.3 is 0 Å². The summed E-state index contributed by atoms with van der Waals surface area (Å²) in [4.78, 5) is 11.6. The Morgan fingerprint density at radius 1 is 1.18 bits per heavy atom. The molecule has 0 aromatic heterocycles. The van der Waals surface area contributed by atoms with E-state index in [0.29, 0.717) is 13.0 Å². The van der Waals surface area contributed by atoms with Gasteiger partial charge in [-0.05, 0) is 26.0 Å². The Morgan fingerprint density at radius 3 is 2.53 bits per heavy atom. The molecule has 1 aromatic rings. The maximum absolute atomic E-state index is 11.6.